The maximum absolute atomic E-state index is 5.61. The SMILES string of the molecule is C=COCCCCOCCOCCCCOc1ccccc1. The summed E-state index contributed by atoms with van der Waals surface area (Å²) < 4.78 is 21.6. The van der Waals surface area contributed by atoms with Crippen molar-refractivity contribution in [1.82, 2.24) is 0 Å². The van der Waals surface area contributed by atoms with Crippen LogP contribution in [0.1, 0.15) is 25.7 Å². The largest absolute Gasteiger partial charge is 0.502 e. The molecular formula is C18H28O4. The van der Waals surface area contributed by atoms with Crippen LogP contribution in [0.15, 0.2) is 43.2 Å². The number of hydrogen-bond acceptors (Lipinski definition) is 4. The van der Waals surface area contributed by atoms with Crippen LogP contribution in [0.4, 0.5) is 0 Å². The van der Waals surface area contributed by atoms with Crippen molar-refractivity contribution in [2.75, 3.05) is 39.6 Å². The van der Waals surface area contributed by atoms with Crippen LogP contribution >= 0.6 is 0 Å². The highest BCUT2D eigenvalue weighted by atomic mass is 16.5. The number of unbranched alkanes of at least 4 members (excludes halogenated alkanes) is 2. The molecule has 0 heterocycles. The molecule has 0 atom stereocenters. The Bertz CT molecular complexity index is 353. The zero-order valence-corrected chi connectivity index (χ0v) is 13.4. The van der Waals surface area contributed by atoms with Crippen LogP contribution < -0.4 is 4.74 Å². The second-order valence-electron chi connectivity index (χ2n) is 4.84. The van der Waals surface area contributed by atoms with Crippen molar-refractivity contribution >= 4 is 0 Å². The van der Waals surface area contributed by atoms with Gasteiger partial charge in [-0.15, -0.1) is 0 Å². The van der Waals surface area contributed by atoms with Crippen LogP contribution in [-0.2, 0) is 14.2 Å². The van der Waals surface area contributed by atoms with Crippen LogP contribution in [0.3, 0.4) is 0 Å². The molecule has 22 heavy (non-hydrogen) atoms. The van der Waals surface area contributed by atoms with Crippen molar-refractivity contribution in [2.24, 2.45) is 0 Å². The standard InChI is InChI=1S/C18H28O4/c1-2-19-12-6-7-13-20-16-17-21-14-8-9-15-22-18-10-4-3-5-11-18/h2-5,10-11H,1,6-9,12-17H2. The van der Waals surface area contributed by atoms with E-state index < -0.39 is 0 Å². The van der Waals surface area contributed by atoms with Gasteiger partial charge in [0.05, 0.1) is 32.7 Å². The minimum absolute atomic E-state index is 0.655. The van der Waals surface area contributed by atoms with Gasteiger partial charge in [0.2, 0.25) is 0 Å². The Hall–Kier alpha value is -1.52. The van der Waals surface area contributed by atoms with E-state index in [1.54, 1.807) is 0 Å². The van der Waals surface area contributed by atoms with E-state index in [0.29, 0.717) is 19.8 Å². The van der Waals surface area contributed by atoms with E-state index in [1.807, 2.05) is 30.3 Å². The van der Waals surface area contributed by atoms with Gasteiger partial charge in [0.25, 0.3) is 0 Å². The highest BCUT2D eigenvalue weighted by Crippen LogP contribution is 2.08. The molecule has 4 nitrogen and oxygen atoms in total. The van der Waals surface area contributed by atoms with E-state index in [4.69, 9.17) is 18.9 Å². The maximum atomic E-state index is 5.61. The van der Waals surface area contributed by atoms with Gasteiger partial charge in [0.15, 0.2) is 0 Å². The van der Waals surface area contributed by atoms with Gasteiger partial charge < -0.3 is 18.9 Å². The number of ether oxygens (including phenoxy) is 4. The fraction of sp³-hybridized carbons (Fsp3) is 0.556. The van der Waals surface area contributed by atoms with E-state index in [0.717, 1.165) is 51.3 Å². The van der Waals surface area contributed by atoms with E-state index in [2.05, 4.69) is 6.58 Å². The van der Waals surface area contributed by atoms with Gasteiger partial charge in [-0.2, -0.15) is 0 Å². The Kier molecular flexibility index (Phi) is 12.1. The second-order valence-corrected chi connectivity index (χ2v) is 4.84. The van der Waals surface area contributed by atoms with Gasteiger partial charge >= 0.3 is 0 Å². The van der Waals surface area contributed by atoms with Crippen LogP contribution in [0, 0.1) is 0 Å². The Labute approximate surface area is 134 Å². The van der Waals surface area contributed by atoms with Crippen molar-refractivity contribution in [1.29, 1.82) is 0 Å². The molecule has 0 fully saturated rings. The molecule has 4 heteroatoms. The van der Waals surface area contributed by atoms with Gasteiger partial charge in [0.1, 0.15) is 5.75 Å². The van der Waals surface area contributed by atoms with Gasteiger partial charge in [-0.3, -0.25) is 0 Å². The lowest BCUT2D eigenvalue weighted by molar-refractivity contribution is 0.0430. The van der Waals surface area contributed by atoms with E-state index in [1.165, 1.54) is 6.26 Å². The molecule has 124 valence electrons. The van der Waals surface area contributed by atoms with E-state index >= 15 is 0 Å². The minimum Gasteiger partial charge on any atom is -0.502 e. The van der Waals surface area contributed by atoms with Crippen LogP contribution in [0.25, 0.3) is 0 Å². The summed E-state index contributed by atoms with van der Waals surface area (Å²) in [5.74, 6) is 0.926. The smallest absolute Gasteiger partial charge is 0.119 e. The molecule has 0 aliphatic carbocycles. The number of hydrogen-bond donors (Lipinski definition) is 0. The quantitative estimate of drug-likeness (QED) is 0.364. The molecule has 1 aromatic carbocycles. The Morgan fingerprint density at radius 2 is 1.32 bits per heavy atom. The Balaban J connectivity index is 1.74. The summed E-state index contributed by atoms with van der Waals surface area (Å²) in [5.41, 5.74) is 0. The zero-order valence-electron chi connectivity index (χ0n) is 13.4. The van der Waals surface area contributed by atoms with Crippen molar-refractivity contribution in [3.63, 3.8) is 0 Å². The third-order valence-corrected chi connectivity index (χ3v) is 2.99. The molecule has 0 aromatic heterocycles. The van der Waals surface area contributed by atoms with Crippen molar-refractivity contribution < 1.29 is 18.9 Å². The molecular weight excluding hydrogens is 280 g/mol. The second kappa shape index (κ2) is 14.4. The molecule has 1 rings (SSSR count). The fourth-order valence-corrected chi connectivity index (χ4v) is 1.81. The molecule has 0 amide bonds. The summed E-state index contributed by atoms with van der Waals surface area (Å²) in [4.78, 5) is 0. The average Bonchev–Trinajstić information content (AvgIpc) is 2.56. The topological polar surface area (TPSA) is 36.9 Å². The normalized spacial score (nSPS) is 10.4. The summed E-state index contributed by atoms with van der Waals surface area (Å²) in [6, 6.07) is 9.88. The highest BCUT2D eigenvalue weighted by molar-refractivity contribution is 5.20. The Morgan fingerprint density at radius 3 is 1.95 bits per heavy atom. The monoisotopic (exact) mass is 308 g/mol. The van der Waals surface area contributed by atoms with Gasteiger partial charge in [-0.05, 0) is 37.8 Å². The number of benzene rings is 1. The van der Waals surface area contributed by atoms with E-state index in [9.17, 15) is 0 Å². The lowest BCUT2D eigenvalue weighted by Gasteiger charge is -2.07. The molecule has 0 spiro atoms. The summed E-state index contributed by atoms with van der Waals surface area (Å²) in [7, 11) is 0. The summed E-state index contributed by atoms with van der Waals surface area (Å²) in [6.45, 7) is 7.77. The molecule has 0 radical (unpaired) electrons. The summed E-state index contributed by atoms with van der Waals surface area (Å²) in [6.07, 6.45) is 5.48. The first-order valence-corrected chi connectivity index (χ1v) is 7.99. The average molecular weight is 308 g/mol. The highest BCUT2D eigenvalue weighted by Gasteiger charge is 1.94. The zero-order chi connectivity index (χ0) is 15.7. The lowest BCUT2D eigenvalue weighted by atomic mass is 10.3. The summed E-state index contributed by atoms with van der Waals surface area (Å²) in [5, 5.41) is 0. The van der Waals surface area contributed by atoms with Crippen molar-refractivity contribution in [2.45, 2.75) is 25.7 Å². The number of para-hydroxylation sites is 1. The van der Waals surface area contributed by atoms with Crippen molar-refractivity contribution in [3.05, 3.63) is 43.2 Å². The van der Waals surface area contributed by atoms with Crippen LogP contribution in [0.2, 0.25) is 0 Å². The molecule has 0 unspecified atom stereocenters. The molecule has 0 saturated heterocycles. The first-order chi connectivity index (χ1) is 10.9. The third kappa shape index (κ3) is 11.2. The lowest BCUT2D eigenvalue weighted by Crippen LogP contribution is -2.07. The first-order valence-electron chi connectivity index (χ1n) is 7.99. The van der Waals surface area contributed by atoms with Crippen LogP contribution in [0.5, 0.6) is 5.75 Å². The molecule has 0 N–H and O–H groups in total. The molecule has 0 bridgehead atoms. The Morgan fingerprint density at radius 1 is 0.727 bits per heavy atom. The van der Waals surface area contributed by atoms with Gasteiger partial charge in [0, 0.05) is 13.2 Å². The predicted molar refractivity (Wildman–Crippen MR) is 88.2 cm³/mol. The van der Waals surface area contributed by atoms with Gasteiger partial charge in [-0.1, -0.05) is 24.8 Å². The fourth-order valence-electron chi connectivity index (χ4n) is 1.81. The van der Waals surface area contributed by atoms with E-state index in [-0.39, 0.29) is 0 Å². The molecule has 0 aliphatic heterocycles. The third-order valence-electron chi connectivity index (χ3n) is 2.99. The molecule has 0 saturated carbocycles. The number of rotatable bonds is 15. The summed E-state index contributed by atoms with van der Waals surface area (Å²) >= 11 is 0. The maximum Gasteiger partial charge on any atom is 0.119 e. The predicted octanol–water partition coefficient (Wildman–Crippen LogP) is 3.82. The van der Waals surface area contributed by atoms with Gasteiger partial charge in [-0.25, -0.2) is 0 Å². The van der Waals surface area contributed by atoms with Crippen LogP contribution in [-0.4, -0.2) is 39.6 Å². The first kappa shape index (κ1) is 18.5. The molecule has 1 aromatic rings. The van der Waals surface area contributed by atoms with Crippen molar-refractivity contribution in [3.8, 4) is 5.75 Å². The minimum atomic E-state index is 0.655. The molecule has 0 aliphatic rings.